The van der Waals surface area contributed by atoms with E-state index >= 15 is 0 Å². The van der Waals surface area contributed by atoms with Crippen molar-refractivity contribution in [3.05, 3.63) is 17.9 Å². The smallest absolute Gasteiger partial charge is 0.00393 e. The molecular formula is C8H16NO-. The van der Waals surface area contributed by atoms with E-state index in [-0.39, 0.29) is 0 Å². The average molecular weight is 142 g/mol. The van der Waals surface area contributed by atoms with Crippen molar-refractivity contribution in [2.45, 2.75) is 26.2 Å². The van der Waals surface area contributed by atoms with Gasteiger partial charge in [-0.25, -0.2) is 0 Å². The van der Waals surface area contributed by atoms with Gasteiger partial charge in [0.05, 0.1) is 0 Å². The highest BCUT2D eigenvalue weighted by Gasteiger charge is 1.86. The van der Waals surface area contributed by atoms with Gasteiger partial charge >= 0.3 is 0 Å². The van der Waals surface area contributed by atoms with Crippen molar-refractivity contribution < 1.29 is 0 Å². The average Bonchev–Trinajstić information content (AvgIpc) is 1.89. The zero-order valence-corrected chi connectivity index (χ0v) is 6.68. The van der Waals surface area contributed by atoms with Crippen molar-refractivity contribution in [3.63, 3.8) is 0 Å². The Morgan fingerprint density at radius 3 is 2.70 bits per heavy atom. The van der Waals surface area contributed by atoms with E-state index in [1.165, 1.54) is 6.42 Å². The molecule has 60 valence electrons. The molecule has 0 rings (SSSR count). The first-order valence-corrected chi connectivity index (χ1v) is 3.84. The van der Waals surface area contributed by atoms with E-state index in [9.17, 15) is 5.21 Å². The van der Waals surface area contributed by atoms with Crippen molar-refractivity contribution in [1.29, 1.82) is 0 Å². The molecule has 0 spiro atoms. The molecule has 0 amide bonds. The summed E-state index contributed by atoms with van der Waals surface area (Å²) in [4.78, 5) is 0. The minimum atomic E-state index is 0.462. The summed E-state index contributed by atoms with van der Waals surface area (Å²) < 4.78 is 0. The van der Waals surface area contributed by atoms with Crippen LogP contribution in [0.3, 0.4) is 0 Å². The van der Waals surface area contributed by atoms with Gasteiger partial charge in [0.15, 0.2) is 0 Å². The zero-order chi connectivity index (χ0) is 7.82. The molecule has 0 atom stereocenters. The van der Waals surface area contributed by atoms with Crippen molar-refractivity contribution in [2.24, 2.45) is 0 Å². The van der Waals surface area contributed by atoms with Crippen LogP contribution in [0.5, 0.6) is 0 Å². The fraction of sp³-hybridized carbons (Fsp3) is 0.750. The topological polar surface area (TPSA) is 26.3 Å². The first-order chi connectivity index (χ1) is 4.81. The maximum absolute atomic E-state index is 10.8. The van der Waals surface area contributed by atoms with Crippen LogP contribution in [0.2, 0.25) is 0 Å². The van der Waals surface area contributed by atoms with Gasteiger partial charge in [-0.05, 0) is 13.0 Å². The Kier molecular flexibility index (Phi) is 6.55. The first kappa shape index (κ1) is 9.66. The summed E-state index contributed by atoms with van der Waals surface area (Å²) in [5.74, 6) is 0. The van der Waals surface area contributed by atoms with Gasteiger partial charge in [0.2, 0.25) is 0 Å². The largest absolute Gasteiger partial charge is 0.785 e. The maximum atomic E-state index is 10.8. The molecule has 0 N–H and O–H groups in total. The lowest BCUT2D eigenvalue weighted by atomic mass is 10.2. The third-order valence-corrected chi connectivity index (χ3v) is 1.34. The Morgan fingerprint density at radius 1 is 1.50 bits per heavy atom. The molecular weight excluding hydrogens is 126 g/mol. The van der Waals surface area contributed by atoms with E-state index in [0.29, 0.717) is 13.1 Å². The second-order valence-corrected chi connectivity index (χ2v) is 2.38. The monoisotopic (exact) mass is 142 g/mol. The molecule has 0 aromatic heterocycles. The third kappa shape index (κ3) is 5.79. The second-order valence-electron chi connectivity index (χ2n) is 2.38. The Labute approximate surface area is 63.1 Å². The highest BCUT2D eigenvalue weighted by Crippen LogP contribution is 1.96. The number of hydroxylamine groups is 2. The predicted molar refractivity (Wildman–Crippen MR) is 44.7 cm³/mol. The van der Waals surface area contributed by atoms with Crippen LogP contribution < -0.4 is 0 Å². The lowest BCUT2D eigenvalue weighted by Crippen LogP contribution is -2.16. The summed E-state index contributed by atoms with van der Waals surface area (Å²) >= 11 is 0. The molecule has 0 aliphatic heterocycles. The van der Waals surface area contributed by atoms with Gasteiger partial charge in [-0.15, -0.1) is 6.58 Å². The molecule has 0 aromatic carbocycles. The molecule has 0 bridgehead atoms. The second kappa shape index (κ2) is 6.78. The maximum Gasteiger partial charge on any atom is 0.00393 e. The van der Waals surface area contributed by atoms with E-state index in [2.05, 4.69) is 13.5 Å². The van der Waals surface area contributed by atoms with Gasteiger partial charge in [-0.2, -0.15) is 0 Å². The molecule has 10 heavy (non-hydrogen) atoms. The van der Waals surface area contributed by atoms with Crippen LogP contribution in [-0.4, -0.2) is 18.2 Å². The molecule has 0 heterocycles. The number of hydrogen-bond acceptors (Lipinski definition) is 2. The summed E-state index contributed by atoms with van der Waals surface area (Å²) in [7, 11) is 0. The van der Waals surface area contributed by atoms with Crippen molar-refractivity contribution >= 4 is 0 Å². The highest BCUT2D eigenvalue weighted by atomic mass is 16.5. The molecule has 2 nitrogen and oxygen atoms in total. The summed E-state index contributed by atoms with van der Waals surface area (Å²) in [5, 5.41) is 11.8. The number of nitrogens with zero attached hydrogens (tertiary/aromatic N) is 1. The summed E-state index contributed by atoms with van der Waals surface area (Å²) in [6, 6.07) is 0. The molecule has 0 saturated heterocycles. The zero-order valence-electron chi connectivity index (χ0n) is 6.68. The van der Waals surface area contributed by atoms with Crippen LogP contribution in [0.15, 0.2) is 12.7 Å². The molecule has 0 aromatic rings. The lowest BCUT2D eigenvalue weighted by molar-refractivity contribution is 0.401. The quantitative estimate of drug-likeness (QED) is 0.323. The van der Waals surface area contributed by atoms with Crippen molar-refractivity contribution in [3.8, 4) is 0 Å². The van der Waals surface area contributed by atoms with Crippen LogP contribution in [0.25, 0.3) is 0 Å². The Hall–Kier alpha value is -0.340. The number of hydrogen-bond donors (Lipinski definition) is 0. The van der Waals surface area contributed by atoms with Gasteiger partial charge in [-0.1, -0.05) is 25.8 Å². The van der Waals surface area contributed by atoms with Gasteiger partial charge in [0.25, 0.3) is 0 Å². The third-order valence-electron chi connectivity index (χ3n) is 1.34. The molecule has 0 fully saturated rings. The summed E-state index contributed by atoms with van der Waals surface area (Å²) in [5.41, 5.74) is 0. The highest BCUT2D eigenvalue weighted by molar-refractivity contribution is 4.73. The van der Waals surface area contributed by atoms with E-state index in [4.69, 9.17) is 0 Å². The normalized spacial score (nSPS) is 10.3. The van der Waals surface area contributed by atoms with Crippen LogP contribution in [0.4, 0.5) is 0 Å². The van der Waals surface area contributed by atoms with Crippen molar-refractivity contribution in [2.75, 3.05) is 13.1 Å². The van der Waals surface area contributed by atoms with Crippen molar-refractivity contribution in [1.82, 2.24) is 5.06 Å². The molecule has 2 heteroatoms. The minimum absolute atomic E-state index is 0.462. The van der Waals surface area contributed by atoms with Gasteiger partial charge in [-0.3, -0.25) is 0 Å². The molecule has 0 aliphatic carbocycles. The van der Waals surface area contributed by atoms with Crippen LogP contribution in [0, 0.1) is 5.21 Å². The van der Waals surface area contributed by atoms with E-state index in [1.54, 1.807) is 6.08 Å². The van der Waals surface area contributed by atoms with Gasteiger partial charge in [0, 0.05) is 6.54 Å². The van der Waals surface area contributed by atoms with Gasteiger partial charge < -0.3 is 10.3 Å². The standard InChI is InChI=1S/C8H16NO/c1-3-5-6-8-9(10)7-4-2/h4H,2-3,5-8H2,1H3/q-1. The van der Waals surface area contributed by atoms with Crippen LogP contribution >= 0.6 is 0 Å². The number of rotatable bonds is 6. The van der Waals surface area contributed by atoms with E-state index in [1.807, 2.05) is 0 Å². The molecule has 0 aliphatic rings. The lowest BCUT2D eigenvalue weighted by Gasteiger charge is -2.25. The van der Waals surface area contributed by atoms with Gasteiger partial charge in [0.1, 0.15) is 0 Å². The SMILES string of the molecule is C=CCN([O-])CCCCC. The number of unbranched alkanes of at least 4 members (excludes halogenated alkanes) is 2. The molecule has 0 saturated carbocycles. The van der Waals surface area contributed by atoms with Crippen LogP contribution in [0.1, 0.15) is 26.2 Å². The predicted octanol–water partition coefficient (Wildman–Crippen LogP) is 2.16. The fourth-order valence-corrected chi connectivity index (χ4v) is 0.773. The van der Waals surface area contributed by atoms with E-state index in [0.717, 1.165) is 17.9 Å². The minimum Gasteiger partial charge on any atom is -0.785 e. The fourth-order valence-electron chi connectivity index (χ4n) is 0.773. The summed E-state index contributed by atoms with van der Waals surface area (Å²) in [6.07, 6.45) is 4.96. The Morgan fingerprint density at radius 2 is 2.20 bits per heavy atom. The molecule has 0 unspecified atom stereocenters. The Bertz CT molecular complexity index is 83.3. The Balaban J connectivity index is 3.04. The van der Waals surface area contributed by atoms with Crippen LogP contribution in [-0.2, 0) is 0 Å². The first-order valence-electron chi connectivity index (χ1n) is 3.84. The van der Waals surface area contributed by atoms with E-state index < -0.39 is 0 Å². The summed E-state index contributed by atoms with van der Waals surface area (Å²) in [6.45, 7) is 6.73. The molecule has 0 radical (unpaired) electrons.